The van der Waals surface area contributed by atoms with Crippen molar-refractivity contribution >= 4 is 40.5 Å². The van der Waals surface area contributed by atoms with Crippen LogP contribution in [0.4, 0.5) is 0 Å². The van der Waals surface area contributed by atoms with Crippen LogP contribution < -0.4 is 0 Å². The Kier molecular flexibility index (Phi) is 2.18. The van der Waals surface area contributed by atoms with Crippen LogP contribution >= 0.6 is 34.7 Å². The van der Waals surface area contributed by atoms with Crippen LogP contribution in [0.2, 0.25) is 9.36 Å². The smallest absolute Gasteiger partial charge is 0.138 e. The van der Waals surface area contributed by atoms with Crippen LogP contribution in [-0.2, 0) is 0 Å². The monoisotopic (exact) mass is 195 g/mol. The first-order valence-corrected chi connectivity index (χ1v) is 3.84. The van der Waals surface area contributed by atoms with Gasteiger partial charge in [0, 0.05) is 0 Å². The Morgan fingerprint density at radius 1 is 1.60 bits per heavy atom. The van der Waals surface area contributed by atoms with Gasteiger partial charge < -0.3 is 5.11 Å². The molecule has 0 aromatic carbocycles. The molecule has 0 aliphatic heterocycles. The van der Waals surface area contributed by atoms with Crippen molar-refractivity contribution in [3.63, 3.8) is 0 Å². The molecule has 0 amide bonds. The summed E-state index contributed by atoms with van der Waals surface area (Å²) in [4.78, 5) is 0. The van der Waals surface area contributed by atoms with Crippen LogP contribution in [0.3, 0.4) is 0 Å². The van der Waals surface area contributed by atoms with Gasteiger partial charge in [-0.05, 0) is 11.5 Å². The maximum absolute atomic E-state index is 8.82. The van der Waals surface area contributed by atoms with Crippen molar-refractivity contribution in [2.24, 2.45) is 0 Å². The van der Waals surface area contributed by atoms with E-state index in [1.54, 1.807) is 0 Å². The number of aromatic nitrogens is 1. The number of halogens is 2. The first-order valence-electron chi connectivity index (χ1n) is 2.32. The van der Waals surface area contributed by atoms with Gasteiger partial charge in [0.05, 0.1) is 0 Å². The van der Waals surface area contributed by atoms with E-state index in [2.05, 4.69) is 11.0 Å². The molecule has 0 unspecified atom stereocenters. The molecule has 54 valence electrons. The van der Waals surface area contributed by atoms with Gasteiger partial charge in [-0.1, -0.05) is 29.8 Å². The summed E-state index contributed by atoms with van der Waals surface area (Å²) in [5, 5.41) is 9.09. The number of hydrogen-bond donors (Lipinski definition) is 1. The Labute approximate surface area is 71.9 Å². The van der Waals surface area contributed by atoms with Gasteiger partial charge in [-0.15, -0.1) is 0 Å². The fourth-order valence-corrected chi connectivity index (χ4v) is 1.48. The molecular formula is C5H3Cl2NOS. The summed E-state index contributed by atoms with van der Waals surface area (Å²) < 4.78 is 4.11. The quantitative estimate of drug-likeness (QED) is 0.700. The highest BCUT2D eigenvalue weighted by atomic mass is 35.5. The van der Waals surface area contributed by atoms with Gasteiger partial charge in [0.1, 0.15) is 20.8 Å². The van der Waals surface area contributed by atoms with Gasteiger partial charge in [-0.2, -0.15) is 4.37 Å². The van der Waals surface area contributed by atoms with E-state index in [0.717, 1.165) is 11.5 Å². The molecule has 0 atom stereocenters. The van der Waals surface area contributed by atoms with Crippen LogP contribution in [0.1, 0.15) is 5.69 Å². The highest BCUT2D eigenvalue weighted by molar-refractivity contribution is 7.11. The molecule has 1 aromatic heterocycles. The molecule has 1 N–H and O–H groups in total. The van der Waals surface area contributed by atoms with E-state index in [-0.39, 0.29) is 16.5 Å². The van der Waals surface area contributed by atoms with Crippen molar-refractivity contribution in [2.45, 2.75) is 0 Å². The maximum atomic E-state index is 8.82. The number of hydrogen-bond acceptors (Lipinski definition) is 3. The molecule has 0 saturated heterocycles. The lowest BCUT2D eigenvalue weighted by molar-refractivity contribution is 0.511. The summed E-state index contributed by atoms with van der Waals surface area (Å²) in [5.41, 5.74) is 0.261. The summed E-state index contributed by atoms with van der Waals surface area (Å²) in [6.07, 6.45) is 0. The van der Waals surface area contributed by atoms with E-state index in [1.807, 2.05) is 0 Å². The predicted molar refractivity (Wildman–Crippen MR) is 43.8 cm³/mol. The second-order valence-electron chi connectivity index (χ2n) is 1.57. The fourth-order valence-electron chi connectivity index (χ4n) is 0.438. The molecule has 0 spiro atoms. The normalized spacial score (nSPS) is 9.80. The Morgan fingerprint density at radius 2 is 2.20 bits per heavy atom. The second kappa shape index (κ2) is 2.78. The van der Waals surface area contributed by atoms with Crippen molar-refractivity contribution in [1.82, 2.24) is 4.37 Å². The molecule has 0 fully saturated rings. The summed E-state index contributed by atoms with van der Waals surface area (Å²) in [7, 11) is 0. The topological polar surface area (TPSA) is 33.1 Å². The lowest BCUT2D eigenvalue weighted by atomic mass is 10.4. The van der Waals surface area contributed by atoms with E-state index in [0.29, 0.717) is 4.34 Å². The van der Waals surface area contributed by atoms with Crippen LogP contribution in [0, 0.1) is 0 Å². The highest BCUT2D eigenvalue weighted by Crippen LogP contribution is 2.31. The minimum atomic E-state index is -0.159. The van der Waals surface area contributed by atoms with E-state index < -0.39 is 0 Å². The highest BCUT2D eigenvalue weighted by Gasteiger charge is 2.10. The molecular weight excluding hydrogens is 193 g/mol. The molecule has 10 heavy (non-hydrogen) atoms. The molecule has 0 aliphatic carbocycles. The lowest BCUT2D eigenvalue weighted by Crippen LogP contribution is -1.78. The zero-order valence-corrected chi connectivity index (χ0v) is 7.09. The first-order chi connectivity index (χ1) is 4.63. The third-order valence-corrected chi connectivity index (χ3v) is 2.48. The molecule has 5 heteroatoms. The molecule has 1 aromatic rings. The largest absolute Gasteiger partial charge is 0.506 e. The van der Waals surface area contributed by atoms with Crippen molar-refractivity contribution in [3.05, 3.63) is 21.6 Å². The maximum Gasteiger partial charge on any atom is 0.138 e. The summed E-state index contributed by atoms with van der Waals surface area (Å²) in [5.74, 6) is -0.159. The Hall–Kier alpha value is -0.250. The van der Waals surface area contributed by atoms with Gasteiger partial charge in [0.15, 0.2) is 0 Å². The predicted octanol–water partition coefficient (Wildman–Crippen LogP) is 2.98. The third-order valence-electron chi connectivity index (χ3n) is 0.871. The minimum Gasteiger partial charge on any atom is -0.506 e. The van der Waals surface area contributed by atoms with Gasteiger partial charge in [-0.25, -0.2) is 0 Å². The van der Waals surface area contributed by atoms with Gasteiger partial charge in [0.2, 0.25) is 0 Å². The molecule has 0 saturated carbocycles. The number of aliphatic hydroxyl groups is 1. The zero-order valence-electron chi connectivity index (χ0n) is 4.77. The molecule has 1 heterocycles. The van der Waals surface area contributed by atoms with Crippen LogP contribution in [0.15, 0.2) is 6.58 Å². The van der Waals surface area contributed by atoms with Gasteiger partial charge >= 0.3 is 0 Å². The Balaban J connectivity index is 3.17. The SMILES string of the molecule is C=C(O)c1nsc(Cl)c1Cl. The van der Waals surface area contributed by atoms with E-state index in [9.17, 15) is 0 Å². The summed E-state index contributed by atoms with van der Waals surface area (Å²) >= 11 is 12.2. The summed E-state index contributed by atoms with van der Waals surface area (Å²) in [6.45, 7) is 3.26. The fraction of sp³-hybridized carbons (Fsp3) is 0. The first kappa shape index (κ1) is 7.85. The molecule has 1 rings (SSSR count). The van der Waals surface area contributed by atoms with Crippen molar-refractivity contribution in [2.75, 3.05) is 0 Å². The second-order valence-corrected chi connectivity index (χ2v) is 3.32. The zero-order chi connectivity index (χ0) is 7.72. The van der Waals surface area contributed by atoms with Gasteiger partial charge in [0.25, 0.3) is 0 Å². The van der Waals surface area contributed by atoms with Crippen LogP contribution in [0.25, 0.3) is 5.76 Å². The van der Waals surface area contributed by atoms with Crippen LogP contribution in [-0.4, -0.2) is 9.48 Å². The average molecular weight is 196 g/mol. The Bertz CT molecular complexity index is 271. The number of rotatable bonds is 1. The average Bonchev–Trinajstić information content (AvgIpc) is 2.14. The van der Waals surface area contributed by atoms with E-state index in [4.69, 9.17) is 28.3 Å². The summed E-state index contributed by atoms with van der Waals surface area (Å²) in [6, 6.07) is 0. The molecule has 2 nitrogen and oxygen atoms in total. The number of aliphatic hydroxyl groups excluding tert-OH is 1. The molecule has 0 aliphatic rings. The molecule has 0 radical (unpaired) electrons. The molecule has 0 bridgehead atoms. The minimum absolute atomic E-state index is 0.159. The van der Waals surface area contributed by atoms with Crippen molar-refractivity contribution < 1.29 is 5.11 Å². The third kappa shape index (κ3) is 1.26. The van der Waals surface area contributed by atoms with Crippen molar-refractivity contribution in [1.29, 1.82) is 0 Å². The van der Waals surface area contributed by atoms with Crippen molar-refractivity contribution in [3.8, 4) is 0 Å². The standard InChI is InChI=1S/C5H3Cl2NOS/c1-2(9)4-3(6)5(7)10-8-4/h9H,1H2. The van der Waals surface area contributed by atoms with E-state index >= 15 is 0 Å². The van der Waals surface area contributed by atoms with Crippen LogP contribution in [0.5, 0.6) is 0 Å². The van der Waals surface area contributed by atoms with E-state index in [1.165, 1.54) is 0 Å². The number of nitrogens with zero attached hydrogens (tertiary/aromatic N) is 1. The van der Waals surface area contributed by atoms with Gasteiger partial charge in [-0.3, -0.25) is 0 Å². The Morgan fingerprint density at radius 3 is 2.40 bits per heavy atom. The lowest BCUT2D eigenvalue weighted by Gasteiger charge is -1.89.